The van der Waals surface area contributed by atoms with Gasteiger partial charge in [0.15, 0.2) is 0 Å². The van der Waals surface area contributed by atoms with Crippen LogP contribution in [0.4, 0.5) is 0 Å². The third kappa shape index (κ3) is 0.997. The maximum absolute atomic E-state index is 10.8. The van der Waals surface area contributed by atoms with Crippen molar-refractivity contribution in [3.63, 3.8) is 0 Å². The van der Waals surface area contributed by atoms with E-state index in [1.54, 1.807) is 19.0 Å². The minimum Gasteiger partial charge on any atom is -0.348 e. The third-order valence-corrected chi connectivity index (χ3v) is 1.21. The Bertz CT molecular complexity index is 101. The van der Waals surface area contributed by atoms with Gasteiger partial charge in [0.05, 0.1) is 5.92 Å². The fraction of sp³-hybridized carbons (Fsp3) is 0.667. The number of hydrogen-bond acceptors (Lipinski definition) is 1. The molecule has 2 heteroatoms. The molecule has 1 aliphatic carbocycles. The number of hydrogen-bond donors (Lipinski definition) is 0. The van der Waals surface area contributed by atoms with Gasteiger partial charge in [-0.3, -0.25) is 4.79 Å². The number of amides is 1. The van der Waals surface area contributed by atoms with Crippen LogP contribution in [0.25, 0.3) is 0 Å². The van der Waals surface area contributed by atoms with E-state index in [2.05, 4.69) is 0 Å². The Labute approximate surface area is 49.5 Å². The molecule has 0 aromatic heterocycles. The van der Waals surface area contributed by atoms with Gasteiger partial charge in [-0.05, 0) is 12.8 Å². The van der Waals surface area contributed by atoms with Crippen LogP contribution in [0.2, 0.25) is 0 Å². The average molecular weight is 112 g/mol. The summed E-state index contributed by atoms with van der Waals surface area (Å²) >= 11 is 0. The van der Waals surface area contributed by atoms with E-state index in [-0.39, 0.29) is 5.91 Å². The molecule has 0 spiro atoms. The molecule has 0 unspecified atom stereocenters. The zero-order valence-electron chi connectivity index (χ0n) is 5.27. The molecule has 1 aliphatic rings. The maximum Gasteiger partial charge on any atom is 0.229 e. The van der Waals surface area contributed by atoms with Crippen molar-refractivity contribution >= 4 is 5.91 Å². The summed E-state index contributed by atoms with van der Waals surface area (Å²) in [7, 11) is 3.57. The monoisotopic (exact) mass is 112 g/mol. The molecule has 0 heterocycles. The second-order valence-electron chi connectivity index (χ2n) is 2.30. The second-order valence-corrected chi connectivity index (χ2v) is 2.30. The Hall–Kier alpha value is -0.530. The molecule has 45 valence electrons. The molecule has 0 atom stereocenters. The van der Waals surface area contributed by atoms with Crippen molar-refractivity contribution in [1.82, 2.24) is 4.90 Å². The molecule has 1 amide bonds. The summed E-state index contributed by atoms with van der Waals surface area (Å²) in [6.45, 7) is 0. The average Bonchev–Trinajstić information content (AvgIpc) is 2.43. The normalized spacial score (nSPS) is 18.2. The lowest BCUT2D eigenvalue weighted by Crippen LogP contribution is -2.21. The summed E-state index contributed by atoms with van der Waals surface area (Å²) < 4.78 is 0. The lowest BCUT2D eigenvalue weighted by molar-refractivity contribution is -0.125. The fourth-order valence-electron chi connectivity index (χ4n) is 0.593. The van der Waals surface area contributed by atoms with Crippen LogP contribution in [-0.4, -0.2) is 24.9 Å². The van der Waals surface area contributed by atoms with Crippen LogP contribution >= 0.6 is 0 Å². The van der Waals surface area contributed by atoms with Crippen molar-refractivity contribution in [2.45, 2.75) is 12.8 Å². The van der Waals surface area contributed by atoms with Crippen molar-refractivity contribution < 1.29 is 4.79 Å². The second kappa shape index (κ2) is 1.77. The zero-order valence-corrected chi connectivity index (χ0v) is 5.27. The van der Waals surface area contributed by atoms with Crippen molar-refractivity contribution in [2.75, 3.05) is 14.1 Å². The fourth-order valence-corrected chi connectivity index (χ4v) is 0.593. The SMILES string of the molecule is CN(C)C(=O)[C]1CC1. The minimum absolute atomic E-state index is 0.213. The highest BCUT2D eigenvalue weighted by Crippen LogP contribution is 2.32. The van der Waals surface area contributed by atoms with Gasteiger partial charge in [0.1, 0.15) is 0 Å². The molecule has 0 aromatic carbocycles. The highest BCUT2D eigenvalue weighted by atomic mass is 16.2. The molecule has 0 saturated heterocycles. The quantitative estimate of drug-likeness (QED) is 0.482. The van der Waals surface area contributed by atoms with Gasteiger partial charge in [-0.15, -0.1) is 0 Å². The predicted octanol–water partition coefficient (Wildman–Crippen LogP) is 0.443. The van der Waals surface area contributed by atoms with Crippen molar-refractivity contribution in [1.29, 1.82) is 0 Å². The minimum atomic E-state index is 0.213. The molecule has 0 bridgehead atoms. The number of carbonyl (C=O) groups is 1. The van der Waals surface area contributed by atoms with E-state index in [1.807, 2.05) is 0 Å². The molecular formula is C6H10NO. The highest BCUT2D eigenvalue weighted by Gasteiger charge is 2.31. The maximum atomic E-state index is 10.8. The Morgan fingerprint density at radius 2 is 2.00 bits per heavy atom. The molecule has 0 N–H and O–H groups in total. The van der Waals surface area contributed by atoms with E-state index in [1.165, 1.54) is 0 Å². The van der Waals surface area contributed by atoms with Crippen molar-refractivity contribution in [3.05, 3.63) is 5.92 Å². The molecule has 0 aliphatic heterocycles. The van der Waals surface area contributed by atoms with Crippen LogP contribution in [0.3, 0.4) is 0 Å². The Kier molecular flexibility index (Phi) is 1.24. The van der Waals surface area contributed by atoms with Gasteiger partial charge in [-0.2, -0.15) is 0 Å². The summed E-state index contributed by atoms with van der Waals surface area (Å²) in [6.07, 6.45) is 2.05. The van der Waals surface area contributed by atoms with E-state index >= 15 is 0 Å². The molecule has 0 aromatic rings. The van der Waals surface area contributed by atoms with Crippen LogP contribution in [0, 0.1) is 5.92 Å². The summed E-state index contributed by atoms with van der Waals surface area (Å²) in [5, 5.41) is 0. The van der Waals surface area contributed by atoms with Crippen molar-refractivity contribution in [3.8, 4) is 0 Å². The number of rotatable bonds is 1. The first-order valence-corrected chi connectivity index (χ1v) is 2.78. The first-order valence-electron chi connectivity index (χ1n) is 2.78. The van der Waals surface area contributed by atoms with Crippen LogP contribution in [0.1, 0.15) is 12.8 Å². The molecular weight excluding hydrogens is 102 g/mol. The largest absolute Gasteiger partial charge is 0.348 e. The molecule has 1 radical (unpaired) electrons. The zero-order chi connectivity index (χ0) is 6.15. The molecule has 1 saturated carbocycles. The Morgan fingerprint density at radius 1 is 1.50 bits per heavy atom. The van der Waals surface area contributed by atoms with Crippen LogP contribution in [0.15, 0.2) is 0 Å². The lowest BCUT2D eigenvalue weighted by atomic mass is 10.4. The molecule has 1 rings (SSSR count). The summed E-state index contributed by atoms with van der Waals surface area (Å²) in [6, 6.07) is 0. The van der Waals surface area contributed by atoms with Crippen LogP contribution in [0.5, 0.6) is 0 Å². The van der Waals surface area contributed by atoms with Crippen LogP contribution < -0.4 is 0 Å². The van der Waals surface area contributed by atoms with Crippen LogP contribution in [-0.2, 0) is 4.79 Å². The van der Waals surface area contributed by atoms with Gasteiger partial charge >= 0.3 is 0 Å². The topological polar surface area (TPSA) is 20.3 Å². The molecule has 8 heavy (non-hydrogen) atoms. The number of nitrogens with zero attached hydrogens (tertiary/aromatic N) is 1. The first kappa shape index (κ1) is 5.60. The third-order valence-electron chi connectivity index (χ3n) is 1.21. The van der Waals surface area contributed by atoms with E-state index in [9.17, 15) is 4.79 Å². The first-order chi connectivity index (χ1) is 3.72. The van der Waals surface area contributed by atoms with Gasteiger partial charge in [0.2, 0.25) is 5.91 Å². The lowest BCUT2D eigenvalue weighted by Gasteiger charge is -2.06. The summed E-state index contributed by atoms with van der Waals surface area (Å²) in [5.41, 5.74) is 0. The van der Waals surface area contributed by atoms with Gasteiger partial charge < -0.3 is 4.90 Å². The van der Waals surface area contributed by atoms with Gasteiger partial charge in [-0.1, -0.05) is 0 Å². The number of carbonyl (C=O) groups excluding carboxylic acids is 1. The van der Waals surface area contributed by atoms with E-state index in [0.717, 1.165) is 18.8 Å². The molecule has 1 fully saturated rings. The smallest absolute Gasteiger partial charge is 0.229 e. The highest BCUT2D eigenvalue weighted by molar-refractivity contribution is 5.92. The Balaban J connectivity index is 2.33. The Morgan fingerprint density at radius 3 is 2.12 bits per heavy atom. The van der Waals surface area contributed by atoms with Gasteiger partial charge in [-0.25, -0.2) is 0 Å². The standard InChI is InChI=1S/C6H10NO/c1-7(2)6(8)5-3-4-5/h3-4H2,1-2H3. The summed E-state index contributed by atoms with van der Waals surface area (Å²) in [5.74, 6) is 1.29. The van der Waals surface area contributed by atoms with Gasteiger partial charge in [0, 0.05) is 14.1 Å². The van der Waals surface area contributed by atoms with E-state index in [4.69, 9.17) is 0 Å². The molecule has 2 nitrogen and oxygen atoms in total. The van der Waals surface area contributed by atoms with E-state index in [0.29, 0.717) is 0 Å². The van der Waals surface area contributed by atoms with E-state index < -0.39 is 0 Å². The van der Waals surface area contributed by atoms with Gasteiger partial charge in [0.25, 0.3) is 0 Å². The summed E-state index contributed by atoms with van der Waals surface area (Å²) in [4.78, 5) is 12.4. The van der Waals surface area contributed by atoms with Crippen molar-refractivity contribution in [2.24, 2.45) is 0 Å². The predicted molar refractivity (Wildman–Crippen MR) is 31.2 cm³/mol.